The van der Waals surface area contributed by atoms with Gasteiger partial charge in [0.2, 0.25) is 0 Å². The van der Waals surface area contributed by atoms with Crippen molar-refractivity contribution in [2.24, 2.45) is 0 Å². The average molecular weight is 297 g/mol. The Morgan fingerprint density at radius 2 is 1.74 bits per heavy atom. The number of carboxylic acid groups (broad SMARTS) is 1. The van der Waals surface area contributed by atoms with Crippen LogP contribution in [0.25, 0.3) is 0 Å². The van der Waals surface area contributed by atoms with Crippen molar-refractivity contribution in [1.29, 1.82) is 0 Å². The van der Waals surface area contributed by atoms with Crippen LogP contribution < -0.4 is 11.1 Å². The lowest BCUT2D eigenvalue weighted by Gasteiger charge is -2.11. The van der Waals surface area contributed by atoms with E-state index in [2.05, 4.69) is 5.32 Å². The summed E-state index contributed by atoms with van der Waals surface area (Å²) in [6, 6.07) is 9.38. The molecule has 0 aliphatic heterocycles. The van der Waals surface area contributed by atoms with Crippen molar-refractivity contribution in [2.45, 2.75) is 0 Å². The van der Waals surface area contributed by atoms with Crippen LogP contribution in [0.15, 0.2) is 36.4 Å². The molecule has 0 unspecified atom stereocenters. The van der Waals surface area contributed by atoms with Gasteiger partial charge in [-0.05, 0) is 36.4 Å². The maximum absolute atomic E-state index is 11.1. The van der Waals surface area contributed by atoms with Crippen molar-refractivity contribution in [1.82, 2.24) is 0 Å². The van der Waals surface area contributed by atoms with Crippen LogP contribution in [-0.2, 0) is 0 Å². The number of nitrogens with two attached hydrogens (primary N) is 1. The SMILES string of the molecule is Nc1ccc(C(=O)O)c(Nc2cc(Cl)cc(Cl)c2)c1. The Balaban J connectivity index is 2.42. The largest absolute Gasteiger partial charge is 0.478 e. The number of nitrogen functional groups attached to an aromatic ring is 1. The molecule has 0 bridgehead atoms. The number of hydrogen-bond acceptors (Lipinski definition) is 3. The minimum Gasteiger partial charge on any atom is -0.478 e. The number of anilines is 3. The lowest BCUT2D eigenvalue weighted by atomic mass is 10.1. The molecule has 2 aromatic carbocycles. The second-order valence-electron chi connectivity index (χ2n) is 3.89. The summed E-state index contributed by atoms with van der Waals surface area (Å²) in [6.07, 6.45) is 0. The van der Waals surface area contributed by atoms with E-state index in [9.17, 15) is 4.79 Å². The van der Waals surface area contributed by atoms with E-state index in [0.29, 0.717) is 27.1 Å². The zero-order valence-electron chi connectivity index (χ0n) is 9.65. The summed E-state index contributed by atoms with van der Waals surface area (Å²) in [6.45, 7) is 0. The van der Waals surface area contributed by atoms with Gasteiger partial charge in [-0.25, -0.2) is 4.79 Å². The first-order valence-corrected chi connectivity index (χ1v) is 6.07. The molecule has 2 rings (SSSR count). The van der Waals surface area contributed by atoms with Crippen molar-refractivity contribution in [3.63, 3.8) is 0 Å². The number of carboxylic acids is 1. The molecule has 0 heterocycles. The number of aromatic carboxylic acids is 1. The van der Waals surface area contributed by atoms with Gasteiger partial charge in [0.25, 0.3) is 0 Å². The second-order valence-corrected chi connectivity index (χ2v) is 4.77. The number of nitrogens with one attached hydrogen (secondary N) is 1. The molecule has 4 nitrogen and oxygen atoms in total. The first kappa shape index (κ1) is 13.5. The number of halogens is 2. The minimum atomic E-state index is -1.05. The Morgan fingerprint density at radius 1 is 1.11 bits per heavy atom. The van der Waals surface area contributed by atoms with Crippen molar-refractivity contribution < 1.29 is 9.90 Å². The Morgan fingerprint density at radius 3 is 2.32 bits per heavy atom. The Kier molecular flexibility index (Phi) is 3.83. The molecule has 0 aromatic heterocycles. The molecule has 0 aliphatic rings. The van der Waals surface area contributed by atoms with Gasteiger partial charge in [-0.1, -0.05) is 23.2 Å². The third kappa shape index (κ3) is 3.30. The van der Waals surface area contributed by atoms with E-state index in [0.717, 1.165) is 0 Å². The highest BCUT2D eigenvalue weighted by Gasteiger charge is 2.11. The van der Waals surface area contributed by atoms with E-state index in [1.165, 1.54) is 18.2 Å². The summed E-state index contributed by atoms with van der Waals surface area (Å²) in [5, 5.41) is 13.0. The molecule has 0 amide bonds. The molecule has 0 atom stereocenters. The van der Waals surface area contributed by atoms with Crippen LogP contribution in [0, 0.1) is 0 Å². The first-order chi connectivity index (χ1) is 8.95. The maximum atomic E-state index is 11.1. The van der Waals surface area contributed by atoms with E-state index >= 15 is 0 Å². The predicted octanol–water partition coefficient (Wildman–Crippen LogP) is 4.02. The van der Waals surface area contributed by atoms with Crippen LogP contribution in [0.3, 0.4) is 0 Å². The average Bonchev–Trinajstić information content (AvgIpc) is 2.26. The molecule has 0 radical (unpaired) electrons. The summed E-state index contributed by atoms with van der Waals surface area (Å²) in [5.41, 5.74) is 7.20. The van der Waals surface area contributed by atoms with E-state index in [1.54, 1.807) is 18.2 Å². The molecule has 2 aromatic rings. The van der Waals surface area contributed by atoms with E-state index in [1.807, 2.05) is 0 Å². The van der Waals surface area contributed by atoms with Gasteiger partial charge in [-0.3, -0.25) is 0 Å². The molecule has 98 valence electrons. The minimum absolute atomic E-state index is 0.116. The predicted molar refractivity (Wildman–Crippen MR) is 77.6 cm³/mol. The van der Waals surface area contributed by atoms with Gasteiger partial charge in [-0.15, -0.1) is 0 Å². The lowest BCUT2D eigenvalue weighted by molar-refractivity contribution is 0.0698. The van der Waals surface area contributed by atoms with Crippen molar-refractivity contribution in [3.05, 3.63) is 52.0 Å². The Labute approximate surface area is 119 Å². The molecular weight excluding hydrogens is 287 g/mol. The zero-order valence-corrected chi connectivity index (χ0v) is 11.2. The Bertz CT molecular complexity index is 624. The monoisotopic (exact) mass is 296 g/mol. The number of hydrogen-bond donors (Lipinski definition) is 3. The molecule has 0 aliphatic carbocycles. The van der Waals surface area contributed by atoms with Crippen LogP contribution in [-0.4, -0.2) is 11.1 Å². The highest BCUT2D eigenvalue weighted by atomic mass is 35.5. The standard InChI is InChI=1S/C13H10Cl2N2O2/c14-7-3-8(15)5-10(4-7)17-12-6-9(16)1-2-11(12)13(18)19/h1-6,17H,16H2,(H,18,19). The van der Waals surface area contributed by atoms with Gasteiger partial charge in [-0.2, -0.15) is 0 Å². The number of benzene rings is 2. The van der Waals surface area contributed by atoms with Crippen LogP contribution in [0.4, 0.5) is 17.1 Å². The third-order valence-electron chi connectivity index (χ3n) is 2.42. The molecule has 0 saturated heterocycles. The van der Waals surface area contributed by atoms with Crippen LogP contribution in [0.1, 0.15) is 10.4 Å². The first-order valence-electron chi connectivity index (χ1n) is 5.31. The molecule has 6 heteroatoms. The van der Waals surface area contributed by atoms with Crippen molar-refractivity contribution >= 4 is 46.2 Å². The number of carbonyl (C=O) groups is 1. The van der Waals surface area contributed by atoms with Gasteiger partial charge in [0.1, 0.15) is 0 Å². The topological polar surface area (TPSA) is 75.4 Å². The van der Waals surface area contributed by atoms with Crippen molar-refractivity contribution in [2.75, 3.05) is 11.1 Å². The fraction of sp³-hybridized carbons (Fsp3) is 0. The Hall–Kier alpha value is -1.91. The van der Waals surface area contributed by atoms with E-state index < -0.39 is 5.97 Å². The molecule has 0 fully saturated rings. The van der Waals surface area contributed by atoms with Gasteiger partial charge in [0.15, 0.2) is 0 Å². The molecule has 0 saturated carbocycles. The summed E-state index contributed by atoms with van der Waals surface area (Å²) in [7, 11) is 0. The normalized spacial score (nSPS) is 10.2. The third-order valence-corrected chi connectivity index (χ3v) is 2.85. The highest BCUT2D eigenvalue weighted by Crippen LogP contribution is 2.28. The van der Waals surface area contributed by atoms with Crippen LogP contribution >= 0.6 is 23.2 Å². The van der Waals surface area contributed by atoms with Crippen LogP contribution in [0.5, 0.6) is 0 Å². The van der Waals surface area contributed by atoms with Gasteiger partial charge < -0.3 is 16.2 Å². The fourth-order valence-corrected chi connectivity index (χ4v) is 2.16. The van der Waals surface area contributed by atoms with Crippen molar-refractivity contribution in [3.8, 4) is 0 Å². The van der Waals surface area contributed by atoms with Crippen LogP contribution in [0.2, 0.25) is 10.0 Å². The van der Waals surface area contributed by atoms with Gasteiger partial charge >= 0.3 is 5.97 Å². The maximum Gasteiger partial charge on any atom is 0.337 e. The van der Waals surface area contributed by atoms with Gasteiger partial charge in [0, 0.05) is 21.4 Å². The summed E-state index contributed by atoms with van der Waals surface area (Å²) >= 11 is 11.8. The smallest absolute Gasteiger partial charge is 0.337 e. The summed E-state index contributed by atoms with van der Waals surface area (Å²) in [4.78, 5) is 11.1. The quantitative estimate of drug-likeness (QED) is 0.748. The van der Waals surface area contributed by atoms with E-state index in [-0.39, 0.29) is 5.56 Å². The molecule has 19 heavy (non-hydrogen) atoms. The molecular formula is C13H10Cl2N2O2. The molecule has 4 N–H and O–H groups in total. The number of rotatable bonds is 3. The zero-order chi connectivity index (χ0) is 14.0. The lowest BCUT2D eigenvalue weighted by Crippen LogP contribution is -2.03. The molecule has 0 spiro atoms. The van der Waals surface area contributed by atoms with Gasteiger partial charge in [0.05, 0.1) is 11.3 Å². The summed E-state index contributed by atoms with van der Waals surface area (Å²) in [5.74, 6) is -1.05. The second kappa shape index (κ2) is 5.38. The summed E-state index contributed by atoms with van der Waals surface area (Å²) < 4.78 is 0. The van der Waals surface area contributed by atoms with E-state index in [4.69, 9.17) is 34.0 Å². The fourth-order valence-electron chi connectivity index (χ4n) is 1.63. The highest BCUT2D eigenvalue weighted by molar-refractivity contribution is 6.35.